The van der Waals surface area contributed by atoms with Crippen molar-refractivity contribution in [1.82, 2.24) is 14.9 Å². The number of carbonyl (C=O) groups excluding carboxylic acids is 2. The molecule has 8 heteroatoms. The molecule has 7 nitrogen and oxygen atoms in total. The normalized spacial score (nSPS) is 22.8. The summed E-state index contributed by atoms with van der Waals surface area (Å²) in [6.07, 6.45) is 1.71. The quantitative estimate of drug-likeness (QED) is 0.799. The molecule has 21 heavy (non-hydrogen) atoms. The molecule has 1 aromatic rings. The Kier molecular flexibility index (Phi) is 3.35. The summed E-state index contributed by atoms with van der Waals surface area (Å²) in [5.74, 6) is 0.103. The first-order chi connectivity index (χ1) is 9.94. The number of amides is 1. The number of ketones is 1. The van der Waals surface area contributed by atoms with Crippen LogP contribution in [0, 0.1) is 0 Å². The first-order valence-electron chi connectivity index (χ1n) is 6.91. The summed E-state index contributed by atoms with van der Waals surface area (Å²) < 4.78 is 5.99. The van der Waals surface area contributed by atoms with Gasteiger partial charge in [0, 0.05) is 41.1 Å². The minimum absolute atomic E-state index is 0.103. The fraction of sp³-hybridized carbons (Fsp3) is 0.615. The number of aromatic nitrogens is 2. The van der Waals surface area contributed by atoms with E-state index in [1.165, 1.54) is 7.05 Å². The highest BCUT2D eigenvalue weighted by Crippen LogP contribution is 2.36. The van der Waals surface area contributed by atoms with Crippen molar-refractivity contribution in [1.29, 1.82) is 0 Å². The zero-order chi connectivity index (χ0) is 15.2. The summed E-state index contributed by atoms with van der Waals surface area (Å²) in [6, 6.07) is 0. The van der Waals surface area contributed by atoms with Crippen molar-refractivity contribution >= 4 is 22.6 Å². The summed E-state index contributed by atoms with van der Waals surface area (Å²) in [5.41, 5.74) is 1.60. The molecule has 2 heterocycles. The minimum Gasteiger partial charge on any atom is -0.323 e. The van der Waals surface area contributed by atoms with Crippen LogP contribution in [0.1, 0.15) is 42.9 Å². The van der Waals surface area contributed by atoms with Crippen molar-refractivity contribution in [2.45, 2.75) is 49.6 Å². The maximum atomic E-state index is 12.0. The molecule has 0 aromatic carbocycles. The SMILES string of the molecule is CNC(=O)ON=S1c2nc3c(n2CC1(C)C)CCCC3=O. The van der Waals surface area contributed by atoms with E-state index in [4.69, 9.17) is 4.84 Å². The Morgan fingerprint density at radius 3 is 2.95 bits per heavy atom. The molecule has 0 fully saturated rings. The standard InChI is InChI=1S/C13H18N4O3S/c1-13(2)7-17-8-5-4-6-9(18)10(8)15-11(17)21(13)16-20-12(19)14-3/h4-7H2,1-3H3,(H,14,19). The predicted molar refractivity (Wildman–Crippen MR) is 77.2 cm³/mol. The minimum atomic E-state index is -0.673. The number of nitrogens with one attached hydrogen (secondary N) is 1. The Balaban J connectivity index is 2.04. The Hall–Kier alpha value is -1.70. The van der Waals surface area contributed by atoms with Gasteiger partial charge in [-0.3, -0.25) is 9.63 Å². The number of hydrogen-bond donors (Lipinski definition) is 1. The summed E-state index contributed by atoms with van der Waals surface area (Å²) in [7, 11) is 0.812. The van der Waals surface area contributed by atoms with Gasteiger partial charge in [0.2, 0.25) is 0 Å². The van der Waals surface area contributed by atoms with Crippen LogP contribution >= 0.6 is 0 Å². The van der Waals surface area contributed by atoms with Crippen LogP contribution in [-0.4, -0.2) is 33.2 Å². The van der Waals surface area contributed by atoms with Crippen LogP contribution in [0.2, 0.25) is 0 Å². The third-order valence-corrected chi connectivity index (χ3v) is 5.81. The lowest BCUT2D eigenvalue weighted by atomic mass is 9.99. The molecule has 1 aliphatic heterocycles. The van der Waals surface area contributed by atoms with Gasteiger partial charge >= 0.3 is 6.09 Å². The highest BCUT2D eigenvalue weighted by molar-refractivity contribution is 7.88. The van der Waals surface area contributed by atoms with E-state index < -0.39 is 16.8 Å². The third-order valence-electron chi connectivity index (χ3n) is 3.75. The third kappa shape index (κ3) is 2.27. The molecule has 1 atom stereocenters. The van der Waals surface area contributed by atoms with Crippen LogP contribution in [-0.2, 0) is 28.5 Å². The molecule has 0 saturated heterocycles. The van der Waals surface area contributed by atoms with Crippen molar-refractivity contribution in [2.75, 3.05) is 7.05 Å². The summed E-state index contributed by atoms with van der Waals surface area (Å²) >= 11 is 0. The number of Topliss-reactive ketones (excluding diaryl/α,β-unsaturated/α-hetero) is 1. The average Bonchev–Trinajstić information content (AvgIpc) is 2.89. The molecule has 1 aromatic heterocycles. The van der Waals surface area contributed by atoms with E-state index in [2.05, 4.69) is 33.2 Å². The lowest BCUT2D eigenvalue weighted by Crippen LogP contribution is -2.27. The molecule has 0 spiro atoms. The lowest BCUT2D eigenvalue weighted by Gasteiger charge is -2.19. The van der Waals surface area contributed by atoms with Gasteiger partial charge in [-0.05, 0) is 31.2 Å². The van der Waals surface area contributed by atoms with Crippen molar-refractivity contribution in [3.8, 4) is 0 Å². The molecule has 0 saturated carbocycles. The van der Waals surface area contributed by atoms with Gasteiger partial charge in [-0.25, -0.2) is 9.78 Å². The second-order valence-corrected chi connectivity index (χ2v) is 7.99. The van der Waals surface area contributed by atoms with Crippen LogP contribution in [0.15, 0.2) is 9.68 Å². The fourth-order valence-electron chi connectivity index (χ4n) is 2.73. The summed E-state index contributed by atoms with van der Waals surface area (Å²) in [4.78, 5) is 32.6. The Morgan fingerprint density at radius 2 is 2.24 bits per heavy atom. The van der Waals surface area contributed by atoms with Crippen LogP contribution in [0.3, 0.4) is 0 Å². The first kappa shape index (κ1) is 14.2. The highest BCUT2D eigenvalue weighted by Gasteiger charge is 2.41. The Labute approximate surface area is 125 Å². The number of rotatable bonds is 1. The first-order valence-corrected chi connectivity index (χ1v) is 8.09. The largest absolute Gasteiger partial charge is 0.433 e. The van der Waals surface area contributed by atoms with E-state index in [0.717, 1.165) is 30.2 Å². The maximum absolute atomic E-state index is 12.0. The van der Waals surface area contributed by atoms with Crippen LogP contribution in [0.5, 0.6) is 0 Å². The predicted octanol–water partition coefficient (Wildman–Crippen LogP) is 1.63. The number of hydrogen-bond acceptors (Lipinski definition) is 5. The van der Waals surface area contributed by atoms with E-state index in [1.54, 1.807) is 0 Å². The maximum Gasteiger partial charge on any atom is 0.433 e. The molecule has 1 unspecified atom stereocenters. The molecule has 114 valence electrons. The van der Waals surface area contributed by atoms with Crippen LogP contribution in [0.4, 0.5) is 4.79 Å². The van der Waals surface area contributed by atoms with Gasteiger partial charge in [0.25, 0.3) is 0 Å². The molecule has 3 rings (SSSR count). The Bertz CT molecular complexity index is 663. The number of imidazole rings is 1. The van der Waals surface area contributed by atoms with E-state index >= 15 is 0 Å². The van der Waals surface area contributed by atoms with E-state index in [0.29, 0.717) is 12.1 Å². The molecule has 2 aliphatic rings. The second-order valence-electron chi connectivity index (χ2n) is 5.80. The highest BCUT2D eigenvalue weighted by atomic mass is 32.2. The molecular formula is C13H18N4O3S. The van der Waals surface area contributed by atoms with Gasteiger partial charge in [-0.2, -0.15) is 0 Å². The molecule has 1 aliphatic carbocycles. The van der Waals surface area contributed by atoms with E-state index in [1.807, 2.05) is 0 Å². The lowest BCUT2D eigenvalue weighted by molar-refractivity contribution is 0.0966. The second kappa shape index (κ2) is 4.94. The van der Waals surface area contributed by atoms with Crippen molar-refractivity contribution in [3.63, 3.8) is 0 Å². The molecule has 0 radical (unpaired) electrons. The van der Waals surface area contributed by atoms with Gasteiger partial charge in [-0.1, -0.05) is 0 Å². The van der Waals surface area contributed by atoms with Crippen LogP contribution in [0.25, 0.3) is 0 Å². The van der Waals surface area contributed by atoms with E-state index in [-0.39, 0.29) is 10.5 Å². The van der Waals surface area contributed by atoms with Crippen LogP contribution < -0.4 is 5.32 Å². The smallest absolute Gasteiger partial charge is 0.323 e. The molecule has 1 N–H and O–H groups in total. The Morgan fingerprint density at radius 1 is 1.48 bits per heavy atom. The number of fused-ring (bicyclic) bond motifs is 3. The van der Waals surface area contributed by atoms with Crippen molar-refractivity contribution < 1.29 is 14.4 Å². The summed E-state index contributed by atoms with van der Waals surface area (Å²) in [6.45, 7) is 4.87. The average molecular weight is 310 g/mol. The van der Waals surface area contributed by atoms with Gasteiger partial charge in [0.1, 0.15) is 5.69 Å². The molecular weight excluding hydrogens is 292 g/mol. The van der Waals surface area contributed by atoms with E-state index in [9.17, 15) is 9.59 Å². The molecule has 1 amide bonds. The van der Waals surface area contributed by atoms with Crippen molar-refractivity contribution in [2.24, 2.45) is 4.53 Å². The van der Waals surface area contributed by atoms with Gasteiger partial charge in [0.15, 0.2) is 10.9 Å². The number of carbonyl (C=O) groups is 2. The van der Waals surface area contributed by atoms with Gasteiger partial charge < -0.3 is 9.88 Å². The summed E-state index contributed by atoms with van der Waals surface area (Å²) in [5, 5.41) is 3.12. The zero-order valence-electron chi connectivity index (χ0n) is 12.3. The monoisotopic (exact) mass is 310 g/mol. The van der Waals surface area contributed by atoms with Gasteiger partial charge in [0.05, 0.1) is 0 Å². The number of nitrogens with zero attached hydrogens (tertiary/aromatic N) is 3. The zero-order valence-corrected chi connectivity index (χ0v) is 13.1. The van der Waals surface area contributed by atoms with Crippen molar-refractivity contribution in [3.05, 3.63) is 11.4 Å². The van der Waals surface area contributed by atoms with Gasteiger partial charge in [-0.15, -0.1) is 0 Å². The molecule has 0 bridgehead atoms. The topological polar surface area (TPSA) is 85.6 Å². The fourth-order valence-corrected chi connectivity index (χ4v) is 4.44.